The molecule has 3 N–H and O–H groups in total. The molecule has 1 amide bonds. The molecule has 1 heterocycles. The van der Waals surface area contributed by atoms with Crippen molar-refractivity contribution in [2.45, 2.75) is 17.7 Å². The minimum atomic E-state index is -0.149. The van der Waals surface area contributed by atoms with Crippen LogP contribution in [0.3, 0.4) is 0 Å². The number of aromatic nitrogens is 1. The monoisotopic (exact) mass is 361 g/mol. The van der Waals surface area contributed by atoms with Gasteiger partial charge in [0.05, 0.1) is 15.7 Å². The van der Waals surface area contributed by atoms with Crippen molar-refractivity contribution in [1.29, 1.82) is 0 Å². The maximum Gasteiger partial charge on any atom is 0.225 e. The molecular formula is C13H13Cl2N3OS2. The van der Waals surface area contributed by atoms with Gasteiger partial charge in [0.25, 0.3) is 0 Å². The van der Waals surface area contributed by atoms with E-state index in [1.54, 1.807) is 35.2 Å². The normalized spacial score (nSPS) is 10.6. The molecule has 0 radical (unpaired) electrons. The van der Waals surface area contributed by atoms with Crippen molar-refractivity contribution in [1.82, 2.24) is 4.98 Å². The van der Waals surface area contributed by atoms with Crippen molar-refractivity contribution < 1.29 is 4.79 Å². The number of carbonyl (C=O) groups is 1. The van der Waals surface area contributed by atoms with Crippen LogP contribution in [0.5, 0.6) is 0 Å². The number of hydrogen-bond acceptors (Lipinski definition) is 5. The van der Waals surface area contributed by atoms with Crippen molar-refractivity contribution in [3.8, 4) is 0 Å². The number of carbonyl (C=O) groups excluding carboxylic acids is 1. The lowest BCUT2D eigenvalue weighted by Gasteiger charge is -2.09. The van der Waals surface area contributed by atoms with Crippen LogP contribution in [0.15, 0.2) is 21.9 Å². The Morgan fingerprint density at radius 2 is 2.10 bits per heavy atom. The van der Waals surface area contributed by atoms with Gasteiger partial charge in [0, 0.05) is 28.9 Å². The summed E-state index contributed by atoms with van der Waals surface area (Å²) in [6.07, 6.45) is 0.348. The van der Waals surface area contributed by atoms with E-state index in [1.807, 2.05) is 12.3 Å². The standard InChI is InChI=1S/C13H13Cl2N3OS2/c1-7-6-21-13(17-7)20-3-2-11(19)18-12-9(14)4-8(16)5-10(12)15/h4-6H,2-3,16H2,1H3,(H,18,19). The van der Waals surface area contributed by atoms with E-state index in [9.17, 15) is 4.79 Å². The van der Waals surface area contributed by atoms with Crippen molar-refractivity contribution >= 4 is 63.6 Å². The second-order valence-corrected chi connectivity index (χ2v) is 7.28. The zero-order valence-corrected chi connectivity index (χ0v) is 14.3. The molecule has 1 aromatic heterocycles. The zero-order chi connectivity index (χ0) is 15.4. The van der Waals surface area contributed by atoms with Crippen molar-refractivity contribution in [2.24, 2.45) is 0 Å². The van der Waals surface area contributed by atoms with Gasteiger partial charge >= 0.3 is 0 Å². The Kier molecular flexibility index (Phi) is 5.75. The molecule has 0 unspecified atom stereocenters. The summed E-state index contributed by atoms with van der Waals surface area (Å²) < 4.78 is 0.962. The fraction of sp³-hybridized carbons (Fsp3) is 0.231. The first-order chi connectivity index (χ1) is 9.95. The molecule has 0 saturated carbocycles. The maximum atomic E-state index is 11.9. The van der Waals surface area contributed by atoms with Crippen LogP contribution in [-0.2, 0) is 4.79 Å². The molecule has 0 aliphatic carbocycles. The molecule has 0 aliphatic heterocycles. The van der Waals surface area contributed by atoms with E-state index >= 15 is 0 Å². The molecule has 0 aliphatic rings. The SMILES string of the molecule is Cc1csc(SCCC(=O)Nc2c(Cl)cc(N)cc2Cl)n1. The first kappa shape index (κ1) is 16.4. The molecule has 2 aromatic rings. The molecule has 2 rings (SSSR count). The van der Waals surface area contributed by atoms with Gasteiger partial charge < -0.3 is 11.1 Å². The summed E-state index contributed by atoms with van der Waals surface area (Å²) in [6, 6.07) is 3.10. The Balaban J connectivity index is 1.87. The van der Waals surface area contributed by atoms with Gasteiger partial charge in [-0.25, -0.2) is 4.98 Å². The molecule has 8 heteroatoms. The highest BCUT2D eigenvalue weighted by Gasteiger charge is 2.11. The summed E-state index contributed by atoms with van der Waals surface area (Å²) in [5.41, 5.74) is 7.46. The second kappa shape index (κ2) is 7.35. The second-order valence-electron chi connectivity index (χ2n) is 4.26. The van der Waals surface area contributed by atoms with E-state index in [0.717, 1.165) is 10.0 Å². The van der Waals surface area contributed by atoms with Crippen molar-refractivity contribution in [3.63, 3.8) is 0 Å². The van der Waals surface area contributed by atoms with Crippen LogP contribution in [0.4, 0.5) is 11.4 Å². The van der Waals surface area contributed by atoms with E-state index in [4.69, 9.17) is 28.9 Å². The summed E-state index contributed by atoms with van der Waals surface area (Å²) in [5, 5.41) is 5.35. The van der Waals surface area contributed by atoms with Crippen molar-refractivity contribution in [2.75, 3.05) is 16.8 Å². The van der Waals surface area contributed by atoms with Crippen LogP contribution in [0, 0.1) is 6.92 Å². The number of hydrogen-bond donors (Lipinski definition) is 2. The third kappa shape index (κ3) is 4.78. The van der Waals surface area contributed by atoms with E-state index in [1.165, 1.54) is 0 Å². The molecule has 0 saturated heterocycles. The number of aryl methyl sites for hydroxylation is 1. The first-order valence-corrected chi connectivity index (χ1v) is 8.67. The number of nitrogens with two attached hydrogens (primary N) is 1. The average molecular weight is 362 g/mol. The lowest BCUT2D eigenvalue weighted by Crippen LogP contribution is -2.13. The van der Waals surface area contributed by atoms with Crippen LogP contribution in [0.25, 0.3) is 0 Å². The van der Waals surface area contributed by atoms with Gasteiger partial charge in [-0.1, -0.05) is 35.0 Å². The van der Waals surface area contributed by atoms with Crippen LogP contribution in [-0.4, -0.2) is 16.6 Å². The number of anilines is 2. The van der Waals surface area contributed by atoms with Gasteiger partial charge in [-0.3, -0.25) is 4.79 Å². The molecule has 0 atom stereocenters. The molecule has 112 valence electrons. The predicted molar refractivity (Wildman–Crippen MR) is 91.7 cm³/mol. The smallest absolute Gasteiger partial charge is 0.225 e. The molecular weight excluding hydrogens is 349 g/mol. The summed E-state index contributed by atoms with van der Waals surface area (Å²) in [7, 11) is 0. The zero-order valence-electron chi connectivity index (χ0n) is 11.2. The quantitative estimate of drug-likeness (QED) is 0.609. The number of nitrogens with zero attached hydrogens (tertiary/aromatic N) is 1. The van der Waals surface area contributed by atoms with Gasteiger partial charge in [0.15, 0.2) is 0 Å². The molecule has 0 bridgehead atoms. The molecule has 0 fully saturated rings. The Bertz CT molecular complexity index is 638. The lowest BCUT2D eigenvalue weighted by atomic mass is 10.2. The van der Waals surface area contributed by atoms with Crippen LogP contribution in [0.1, 0.15) is 12.1 Å². The summed E-state index contributed by atoms with van der Waals surface area (Å²) in [5.74, 6) is 0.493. The highest BCUT2D eigenvalue weighted by atomic mass is 35.5. The topological polar surface area (TPSA) is 68.0 Å². The van der Waals surface area contributed by atoms with Crippen molar-refractivity contribution in [3.05, 3.63) is 33.3 Å². The number of nitrogens with one attached hydrogen (secondary N) is 1. The van der Waals surface area contributed by atoms with E-state index in [0.29, 0.717) is 33.6 Å². The third-order valence-corrected chi connectivity index (χ3v) is 5.22. The van der Waals surface area contributed by atoms with E-state index < -0.39 is 0 Å². The number of halogens is 2. The van der Waals surface area contributed by atoms with Crippen LogP contribution >= 0.6 is 46.3 Å². The largest absolute Gasteiger partial charge is 0.399 e. The van der Waals surface area contributed by atoms with Crippen LogP contribution < -0.4 is 11.1 Å². The Hall–Kier alpha value is -0.950. The third-order valence-electron chi connectivity index (χ3n) is 2.48. The molecule has 0 spiro atoms. The number of nitrogen functional groups attached to an aromatic ring is 1. The minimum Gasteiger partial charge on any atom is -0.399 e. The van der Waals surface area contributed by atoms with Crippen LogP contribution in [0.2, 0.25) is 10.0 Å². The van der Waals surface area contributed by atoms with E-state index in [2.05, 4.69) is 10.3 Å². The van der Waals surface area contributed by atoms with Gasteiger partial charge in [0.1, 0.15) is 4.34 Å². The van der Waals surface area contributed by atoms with E-state index in [-0.39, 0.29) is 5.91 Å². The first-order valence-electron chi connectivity index (χ1n) is 6.05. The summed E-state index contributed by atoms with van der Waals surface area (Å²) in [6.45, 7) is 1.94. The number of thiazole rings is 1. The fourth-order valence-electron chi connectivity index (χ4n) is 1.54. The van der Waals surface area contributed by atoms with Gasteiger partial charge in [-0.05, 0) is 19.1 Å². The fourth-order valence-corrected chi connectivity index (χ4v) is 4.00. The number of rotatable bonds is 5. The summed E-state index contributed by atoms with van der Waals surface area (Å²) >= 11 is 15.2. The molecule has 21 heavy (non-hydrogen) atoms. The van der Waals surface area contributed by atoms with Gasteiger partial charge in [-0.15, -0.1) is 11.3 Å². The van der Waals surface area contributed by atoms with Gasteiger partial charge in [0.2, 0.25) is 5.91 Å². The Morgan fingerprint density at radius 3 is 2.67 bits per heavy atom. The lowest BCUT2D eigenvalue weighted by molar-refractivity contribution is -0.115. The predicted octanol–water partition coefficient (Wildman–Crippen LogP) is 4.46. The highest BCUT2D eigenvalue weighted by Crippen LogP contribution is 2.33. The minimum absolute atomic E-state index is 0.149. The summed E-state index contributed by atoms with van der Waals surface area (Å²) in [4.78, 5) is 16.2. The maximum absolute atomic E-state index is 11.9. The highest BCUT2D eigenvalue weighted by molar-refractivity contribution is 8.01. The number of amides is 1. The number of thioether (sulfide) groups is 1. The van der Waals surface area contributed by atoms with Gasteiger partial charge in [-0.2, -0.15) is 0 Å². The molecule has 4 nitrogen and oxygen atoms in total. The number of benzene rings is 1. The Morgan fingerprint density at radius 1 is 1.43 bits per heavy atom. The molecule has 1 aromatic carbocycles. The Labute approximate surface area is 141 Å². The average Bonchev–Trinajstić information content (AvgIpc) is 2.79.